The van der Waals surface area contributed by atoms with Gasteiger partial charge in [0.2, 0.25) is 0 Å². The number of carbonyl (C=O) groups is 1. The fraction of sp³-hybridized carbons (Fsp3) is 0.533. The Morgan fingerprint density at radius 2 is 2.05 bits per heavy atom. The molecule has 0 atom stereocenters. The number of aromatic nitrogens is 2. The Labute approximate surface area is 127 Å². The van der Waals surface area contributed by atoms with Crippen LogP contribution in [0.3, 0.4) is 0 Å². The lowest BCUT2D eigenvalue weighted by atomic mass is 10.0. The number of carbonyl (C=O) groups excluding carboxylic acids is 1. The standard InChI is InChI=1S/C15H19N3O2S/c1-15(2,3)17-12(19)9-8-16-14-18(13(9)20)10-6-4-5-7-11(10)21-14/h8H,4-7H2,1-3H3,(H,17,19). The molecule has 112 valence electrons. The van der Waals surface area contributed by atoms with Crippen LogP contribution in [0.1, 0.15) is 54.5 Å². The van der Waals surface area contributed by atoms with Crippen molar-refractivity contribution in [3.05, 3.63) is 32.7 Å². The van der Waals surface area contributed by atoms with Crippen LogP contribution in [0.4, 0.5) is 0 Å². The van der Waals surface area contributed by atoms with Gasteiger partial charge in [-0.2, -0.15) is 0 Å². The first-order valence-electron chi connectivity index (χ1n) is 7.21. The summed E-state index contributed by atoms with van der Waals surface area (Å²) >= 11 is 1.57. The van der Waals surface area contributed by atoms with E-state index in [1.807, 2.05) is 20.8 Å². The number of hydrogen-bond acceptors (Lipinski definition) is 4. The molecule has 0 aromatic carbocycles. The molecular formula is C15H19N3O2S. The molecule has 2 aromatic rings. The summed E-state index contributed by atoms with van der Waals surface area (Å²) in [5, 5.41) is 2.82. The Morgan fingerprint density at radius 1 is 1.33 bits per heavy atom. The zero-order valence-corrected chi connectivity index (χ0v) is 13.3. The molecule has 5 nitrogen and oxygen atoms in total. The van der Waals surface area contributed by atoms with E-state index in [1.54, 1.807) is 15.7 Å². The van der Waals surface area contributed by atoms with E-state index in [2.05, 4.69) is 10.3 Å². The molecule has 1 N–H and O–H groups in total. The quantitative estimate of drug-likeness (QED) is 0.878. The fourth-order valence-corrected chi connectivity index (χ4v) is 3.80. The normalized spacial score (nSPS) is 15.0. The number of nitrogens with zero attached hydrogens (tertiary/aromatic N) is 2. The first-order chi connectivity index (χ1) is 9.87. The summed E-state index contributed by atoms with van der Waals surface area (Å²) < 4.78 is 1.64. The van der Waals surface area contributed by atoms with Crippen molar-refractivity contribution < 1.29 is 4.79 Å². The SMILES string of the molecule is CC(C)(C)NC(=O)c1cnc2sc3c(n2c1=O)CCCC3. The molecule has 1 amide bonds. The molecule has 0 bridgehead atoms. The van der Waals surface area contributed by atoms with E-state index in [1.165, 1.54) is 11.1 Å². The Hall–Kier alpha value is -1.69. The number of nitrogens with one attached hydrogen (secondary N) is 1. The lowest BCUT2D eigenvalue weighted by molar-refractivity contribution is 0.0917. The van der Waals surface area contributed by atoms with Crippen LogP contribution in [-0.2, 0) is 12.8 Å². The number of hydrogen-bond donors (Lipinski definition) is 1. The van der Waals surface area contributed by atoms with Crippen LogP contribution < -0.4 is 10.9 Å². The van der Waals surface area contributed by atoms with Gasteiger partial charge in [-0.25, -0.2) is 4.98 Å². The number of thiazole rings is 1. The lowest BCUT2D eigenvalue weighted by Crippen LogP contribution is -2.43. The average Bonchev–Trinajstić information content (AvgIpc) is 2.75. The largest absolute Gasteiger partial charge is 0.347 e. The highest BCUT2D eigenvalue weighted by Gasteiger charge is 2.23. The Bertz CT molecular complexity index is 768. The molecule has 21 heavy (non-hydrogen) atoms. The van der Waals surface area contributed by atoms with Gasteiger partial charge in [-0.3, -0.25) is 14.0 Å². The van der Waals surface area contributed by atoms with Gasteiger partial charge in [0.1, 0.15) is 5.56 Å². The molecule has 0 aliphatic heterocycles. The van der Waals surface area contributed by atoms with Gasteiger partial charge in [-0.15, -0.1) is 11.3 Å². The molecule has 6 heteroatoms. The molecule has 0 saturated carbocycles. The highest BCUT2D eigenvalue weighted by atomic mass is 32.1. The van der Waals surface area contributed by atoms with Crippen LogP contribution in [-0.4, -0.2) is 20.8 Å². The molecule has 2 aromatic heterocycles. The molecule has 0 saturated heterocycles. The maximum absolute atomic E-state index is 12.7. The summed E-state index contributed by atoms with van der Waals surface area (Å²) in [7, 11) is 0. The minimum atomic E-state index is -0.378. The summed E-state index contributed by atoms with van der Waals surface area (Å²) in [5.41, 5.74) is 0.538. The second-order valence-electron chi connectivity index (χ2n) is 6.48. The summed E-state index contributed by atoms with van der Waals surface area (Å²) in [5.74, 6) is -0.356. The number of fused-ring (bicyclic) bond motifs is 3. The zero-order valence-electron chi connectivity index (χ0n) is 12.5. The summed E-state index contributed by atoms with van der Waals surface area (Å²) in [6.45, 7) is 5.67. The molecule has 0 spiro atoms. The Morgan fingerprint density at radius 3 is 2.76 bits per heavy atom. The lowest BCUT2D eigenvalue weighted by Gasteiger charge is -2.20. The van der Waals surface area contributed by atoms with E-state index < -0.39 is 0 Å². The maximum atomic E-state index is 12.7. The molecule has 0 radical (unpaired) electrons. The van der Waals surface area contributed by atoms with Gasteiger partial charge in [0.05, 0.1) is 0 Å². The summed E-state index contributed by atoms with van der Waals surface area (Å²) in [4.78, 5) is 31.2. The van der Waals surface area contributed by atoms with Crippen LogP contribution in [0.15, 0.2) is 11.0 Å². The monoisotopic (exact) mass is 305 g/mol. The van der Waals surface area contributed by atoms with Crippen molar-refractivity contribution in [1.82, 2.24) is 14.7 Å². The van der Waals surface area contributed by atoms with Crippen LogP contribution in [0, 0.1) is 0 Å². The first kappa shape index (κ1) is 14.3. The number of amides is 1. The third-order valence-electron chi connectivity index (χ3n) is 3.54. The van der Waals surface area contributed by atoms with E-state index in [0.717, 1.165) is 31.4 Å². The van der Waals surface area contributed by atoms with Crippen molar-refractivity contribution in [1.29, 1.82) is 0 Å². The highest BCUT2D eigenvalue weighted by molar-refractivity contribution is 7.17. The molecule has 1 aliphatic rings. The number of rotatable bonds is 1. The predicted octanol–water partition coefficient (Wildman–Crippen LogP) is 2.16. The fourth-order valence-electron chi connectivity index (χ4n) is 2.63. The minimum Gasteiger partial charge on any atom is -0.347 e. The molecule has 0 fully saturated rings. The summed E-state index contributed by atoms with van der Waals surface area (Å²) in [6, 6.07) is 0. The van der Waals surface area contributed by atoms with Gasteiger partial charge in [0.15, 0.2) is 4.96 Å². The maximum Gasteiger partial charge on any atom is 0.271 e. The van der Waals surface area contributed by atoms with Crippen molar-refractivity contribution >= 4 is 22.2 Å². The molecule has 0 unspecified atom stereocenters. The highest BCUT2D eigenvalue weighted by Crippen LogP contribution is 2.28. The van der Waals surface area contributed by atoms with Gasteiger partial charge in [0.25, 0.3) is 11.5 Å². The second-order valence-corrected chi connectivity index (χ2v) is 7.54. The zero-order chi connectivity index (χ0) is 15.2. The predicted molar refractivity (Wildman–Crippen MR) is 83.2 cm³/mol. The third kappa shape index (κ3) is 2.60. The van der Waals surface area contributed by atoms with Crippen molar-refractivity contribution in [3.63, 3.8) is 0 Å². The first-order valence-corrected chi connectivity index (χ1v) is 8.03. The topological polar surface area (TPSA) is 63.5 Å². The van der Waals surface area contributed by atoms with E-state index in [0.29, 0.717) is 4.96 Å². The van der Waals surface area contributed by atoms with Crippen molar-refractivity contribution in [2.75, 3.05) is 0 Å². The smallest absolute Gasteiger partial charge is 0.271 e. The molecule has 1 aliphatic carbocycles. The average molecular weight is 305 g/mol. The number of aryl methyl sites for hydroxylation is 2. The van der Waals surface area contributed by atoms with Crippen LogP contribution in [0.5, 0.6) is 0 Å². The van der Waals surface area contributed by atoms with E-state index >= 15 is 0 Å². The van der Waals surface area contributed by atoms with Crippen molar-refractivity contribution in [2.24, 2.45) is 0 Å². The van der Waals surface area contributed by atoms with Gasteiger partial charge in [0, 0.05) is 22.3 Å². The van der Waals surface area contributed by atoms with Crippen molar-refractivity contribution in [3.8, 4) is 0 Å². The third-order valence-corrected chi connectivity index (χ3v) is 4.69. The van der Waals surface area contributed by atoms with Crippen LogP contribution >= 0.6 is 11.3 Å². The molecule has 2 heterocycles. The Kier molecular flexibility index (Phi) is 3.36. The second kappa shape index (κ2) is 4.94. The molecule has 3 rings (SSSR count). The van der Waals surface area contributed by atoms with E-state index in [9.17, 15) is 9.59 Å². The van der Waals surface area contributed by atoms with E-state index in [4.69, 9.17) is 0 Å². The molecular weight excluding hydrogens is 286 g/mol. The van der Waals surface area contributed by atoms with Gasteiger partial charge >= 0.3 is 0 Å². The van der Waals surface area contributed by atoms with Crippen LogP contribution in [0.25, 0.3) is 4.96 Å². The minimum absolute atomic E-state index is 0.119. The van der Waals surface area contributed by atoms with Gasteiger partial charge in [-0.05, 0) is 46.5 Å². The summed E-state index contributed by atoms with van der Waals surface area (Å²) in [6.07, 6.45) is 5.55. The van der Waals surface area contributed by atoms with Crippen molar-refractivity contribution in [2.45, 2.75) is 52.0 Å². The van der Waals surface area contributed by atoms with Crippen LogP contribution in [0.2, 0.25) is 0 Å². The van der Waals surface area contributed by atoms with E-state index in [-0.39, 0.29) is 22.6 Å². The van der Waals surface area contributed by atoms with Gasteiger partial charge in [-0.1, -0.05) is 0 Å². The van der Waals surface area contributed by atoms with Gasteiger partial charge < -0.3 is 5.32 Å². The Balaban J connectivity index is 2.12.